The molecule has 1 atom stereocenters. The number of thiophene rings is 1. The van der Waals surface area contributed by atoms with Gasteiger partial charge in [0, 0.05) is 12.6 Å². The molecule has 0 saturated carbocycles. The quantitative estimate of drug-likeness (QED) is 0.859. The molecule has 2 N–H and O–H groups in total. The Morgan fingerprint density at radius 3 is 3.05 bits per heavy atom. The van der Waals surface area contributed by atoms with Crippen molar-refractivity contribution in [3.8, 4) is 10.6 Å². The van der Waals surface area contributed by atoms with E-state index in [1.165, 1.54) is 11.3 Å². The van der Waals surface area contributed by atoms with Crippen LogP contribution < -0.4 is 5.32 Å². The third-order valence-corrected chi connectivity index (χ3v) is 4.04. The summed E-state index contributed by atoms with van der Waals surface area (Å²) in [5, 5.41) is 15.8. The first kappa shape index (κ1) is 15.0. The Kier molecular flexibility index (Phi) is 5.17. The molecule has 0 aliphatic carbocycles. The van der Waals surface area contributed by atoms with Gasteiger partial charge in [-0.2, -0.15) is 0 Å². The van der Waals surface area contributed by atoms with E-state index in [1.54, 1.807) is 12.1 Å². The van der Waals surface area contributed by atoms with Crippen molar-refractivity contribution in [1.29, 1.82) is 0 Å². The number of nitrogens with one attached hydrogen (secondary N) is 1. The van der Waals surface area contributed by atoms with Crippen LogP contribution in [0.25, 0.3) is 10.6 Å². The molecule has 20 heavy (non-hydrogen) atoms. The highest BCUT2D eigenvalue weighted by molar-refractivity contribution is 7.19. The fraction of sp³-hybridized carbons (Fsp3) is 0.385. The Morgan fingerprint density at radius 2 is 2.40 bits per heavy atom. The number of hydrogen-bond donors (Lipinski definition) is 2. The number of halogens is 1. The predicted molar refractivity (Wildman–Crippen MR) is 78.1 cm³/mol. The van der Waals surface area contributed by atoms with Gasteiger partial charge in [-0.3, -0.25) is 4.79 Å². The first-order valence-corrected chi connectivity index (χ1v) is 7.48. The lowest BCUT2D eigenvalue weighted by atomic mass is 10.2. The first-order valence-electron chi connectivity index (χ1n) is 6.29. The van der Waals surface area contributed by atoms with E-state index in [1.807, 2.05) is 13.0 Å². The number of aromatic nitrogens is 1. The van der Waals surface area contributed by atoms with Gasteiger partial charge in [-0.05, 0) is 25.0 Å². The van der Waals surface area contributed by atoms with E-state index in [0.29, 0.717) is 29.5 Å². The zero-order valence-corrected chi connectivity index (χ0v) is 12.5. The van der Waals surface area contributed by atoms with Gasteiger partial charge in [-0.1, -0.05) is 23.7 Å². The van der Waals surface area contributed by atoms with Crippen molar-refractivity contribution in [2.75, 3.05) is 6.54 Å². The lowest BCUT2D eigenvalue weighted by Crippen LogP contribution is -2.27. The van der Waals surface area contributed by atoms with Crippen LogP contribution in [0, 0.1) is 0 Å². The number of carbonyl (C=O) groups is 1. The van der Waals surface area contributed by atoms with E-state index >= 15 is 0 Å². The Labute approximate surface area is 125 Å². The van der Waals surface area contributed by atoms with Crippen LogP contribution in [0.1, 0.15) is 30.3 Å². The molecule has 108 valence electrons. The molecule has 1 unspecified atom stereocenters. The third kappa shape index (κ3) is 3.82. The van der Waals surface area contributed by atoms with E-state index < -0.39 is 6.10 Å². The van der Waals surface area contributed by atoms with Gasteiger partial charge in [0.1, 0.15) is 0 Å². The Bertz CT molecular complexity index is 582. The molecular formula is C13H15ClN2O3S. The van der Waals surface area contributed by atoms with Gasteiger partial charge < -0.3 is 14.9 Å². The molecule has 1 amide bonds. The molecule has 7 heteroatoms. The fourth-order valence-electron chi connectivity index (χ4n) is 1.59. The number of aliphatic hydroxyl groups excluding tert-OH is 1. The van der Waals surface area contributed by atoms with Crippen LogP contribution in [0.4, 0.5) is 0 Å². The van der Waals surface area contributed by atoms with Crippen molar-refractivity contribution in [1.82, 2.24) is 10.5 Å². The van der Waals surface area contributed by atoms with Gasteiger partial charge in [-0.15, -0.1) is 11.3 Å². The van der Waals surface area contributed by atoms with Gasteiger partial charge in [0.25, 0.3) is 5.91 Å². The zero-order valence-electron chi connectivity index (χ0n) is 10.9. The molecule has 0 aromatic carbocycles. The van der Waals surface area contributed by atoms with E-state index in [9.17, 15) is 9.90 Å². The van der Waals surface area contributed by atoms with Crippen LogP contribution in [0.15, 0.2) is 22.7 Å². The van der Waals surface area contributed by atoms with Crippen molar-refractivity contribution >= 4 is 28.8 Å². The summed E-state index contributed by atoms with van der Waals surface area (Å²) < 4.78 is 5.77. The topological polar surface area (TPSA) is 75.4 Å². The summed E-state index contributed by atoms with van der Waals surface area (Å²) >= 11 is 7.20. The monoisotopic (exact) mass is 314 g/mol. The van der Waals surface area contributed by atoms with Crippen LogP contribution in [0.3, 0.4) is 0 Å². The molecule has 2 aromatic rings. The van der Waals surface area contributed by atoms with Crippen LogP contribution in [-0.2, 0) is 0 Å². The smallest absolute Gasteiger partial charge is 0.273 e. The Hall–Kier alpha value is -1.37. The number of aliphatic hydroxyl groups is 1. The van der Waals surface area contributed by atoms with Gasteiger partial charge in [0.2, 0.25) is 0 Å². The summed E-state index contributed by atoms with van der Waals surface area (Å²) in [6, 6.07) is 5.15. The van der Waals surface area contributed by atoms with Crippen LogP contribution in [0.2, 0.25) is 4.34 Å². The highest BCUT2D eigenvalue weighted by Crippen LogP contribution is 2.31. The molecule has 0 fully saturated rings. The number of rotatable bonds is 6. The van der Waals surface area contributed by atoms with Crippen LogP contribution >= 0.6 is 22.9 Å². The second-order valence-electron chi connectivity index (χ2n) is 4.29. The lowest BCUT2D eigenvalue weighted by Gasteiger charge is -2.07. The molecule has 2 rings (SSSR count). The van der Waals surface area contributed by atoms with E-state index in [4.69, 9.17) is 16.1 Å². The maximum Gasteiger partial charge on any atom is 0.273 e. The van der Waals surface area contributed by atoms with E-state index in [-0.39, 0.29) is 11.6 Å². The maximum atomic E-state index is 11.8. The van der Waals surface area contributed by atoms with Crippen molar-refractivity contribution in [2.24, 2.45) is 0 Å². The van der Waals surface area contributed by atoms with Gasteiger partial charge in [-0.25, -0.2) is 0 Å². The summed E-state index contributed by atoms with van der Waals surface area (Å²) in [5.41, 5.74) is 0.218. The summed E-state index contributed by atoms with van der Waals surface area (Å²) in [7, 11) is 0. The Morgan fingerprint density at radius 1 is 1.60 bits per heavy atom. The van der Waals surface area contributed by atoms with Crippen LogP contribution in [-0.4, -0.2) is 28.8 Å². The predicted octanol–water partition coefficient (Wildman–Crippen LogP) is 2.95. The lowest BCUT2D eigenvalue weighted by molar-refractivity contribution is 0.0933. The summed E-state index contributed by atoms with van der Waals surface area (Å²) in [6.07, 6.45) is 0.799. The minimum Gasteiger partial charge on any atom is -0.393 e. The standard InChI is InChI=1S/C13H15ClN2O3S/c1-2-8(17)5-6-15-13(18)9-7-10(19-16-9)11-3-4-12(14)20-11/h3-4,7-8,17H,2,5-6H2,1H3,(H,15,18). The minimum absolute atomic E-state index is 0.218. The van der Waals surface area contributed by atoms with Gasteiger partial charge >= 0.3 is 0 Å². The molecule has 0 radical (unpaired) electrons. The highest BCUT2D eigenvalue weighted by Gasteiger charge is 2.14. The minimum atomic E-state index is -0.392. The molecule has 5 nitrogen and oxygen atoms in total. The second kappa shape index (κ2) is 6.88. The maximum absolute atomic E-state index is 11.8. The summed E-state index contributed by atoms with van der Waals surface area (Å²) in [4.78, 5) is 12.6. The summed E-state index contributed by atoms with van der Waals surface area (Å²) in [6.45, 7) is 2.30. The first-order chi connectivity index (χ1) is 9.60. The number of hydrogen-bond acceptors (Lipinski definition) is 5. The molecule has 2 aromatic heterocycles. The molecule has 0 bridgehead atoms. The number of nitrogens with zero attached hydrogens (tertiary/aromatic N) is 1. The highest BCUT2D eigenvalue weighted by atomic mass is 35.5. The zero-order chi connectivity index (χ0) is 14.5. The van der Waals surface area contributed by atoms with E-state index in [2.05, 4.69) is 10.5 Å². The number of amides is 1. The van der Waals surface area contributed by atoms with Crippen molar-refractivity contribution in [2.45, 2.75) is 25.9 Å². The van der Waals surface area contributed by atoms with Crippen molar-refractivity contribution in [3.63, 3.8) is 0 Å². The average Bonchev–Trinajstić information content (AvgIpc) is 3.06. The fourth-order valence-corrected chi connectivity index (χ4v) is 2.58. The second-order valence-corrected chi connectivity index (χ2v) is 6.00. The molecule has 0 saturated heterocycles. The molecule has 0 spiro atoms. The largest absolute Gasteiger partial charge is 0.393 e. The molecular weight excluding hydrogens is 300 g/mol. The third-order valence-electron chi connectivity index (χ3n) is 2.79. The van der Waals surface area contributed by atoms with Crippen molar-refractivity contribution < 1.29 is 14.4 Å². The normalized spacial score (nSPS) is 12.3. The van der Waals surface area contributed by atoms with E-state index in [0.717, 1.165) is 4.88 Å². The SMILES string of the molecule is CCC(O)CCNC(=O)c1cc(-c2ccc(Cl)s2)on1. The number of carbonyl (C=O) groups excluding carboxylic acids is 1. The molecule has 0 aliphatic rings. The average molecular weight is 315 g/mol. The molecule has 2 heterocycles. The van der Waals surface area contributed by atoms with Crippen LogP contribution in [0.5, 0.6) is 0 Å². The Balaban J connectivity index is 1.93. The van der Waals surface area contributed by atoms with Crippen molar-refractivity contribution in [3.05, 3.63) is 28.2 Å². The molecule has 0 aliphatic heterocycles. The van der Waals surface area contributed by atoms with Gasteiger partial charge in [0.15, 0.2) is 11.5 Å². The summed E-state index contributed by atoms with van der Waals surface area (Å²) in [5.74, 6) is 0.201. The van der Waals surface area contributed by atoms with Gasteiger partial charge in [0.05, 0.1) is 15.3 Å².